The van der Waals surface area contributed by atoms with E-state index in [4.69, 9.17) is 0 Å². The number of fused-ring (bicyclic) bond motifs is 1. The van der Waals surface area contributed by atoms with Gasteiger partial charge in [0.05, 0.1) is 0 Å². The molecule has 0 heterocycles. The summed E-state index contributed by atoms with van der Waals surface area (Å²) in [4.78, 5) is 25.1. The molecule has 2 rings (SSSR count). The number of aliphatic carboxylic acids is 1. The van der Waals surface area contributed by atoms with E-state index in [0.717, 1.165) is 12.8 Å². The zero-order valence-corrected chi connectivity index (χ0v) is 12.2. The first-order valence-electron chi connectivity index (χ1n) is 6.92. The van der Waals surface area contributed by atoms with Crippen LogP contribution in [0.1, 0.15) is 31.4 Å². The normalized spacial score (nSPS) is 18.2. The number of amides is 1. The molecular formula is C16H21NO3. The summed E-state index contributed by atoms with van der Waals surface area (Å²) >= 11 is 0. The van der Waals surface area contributed by atoms with Crippen molar-refractivity contribution in [2.24, 2.45) is 5.92 Å². The summed E-state index contributed by atoms with van der Waals surface area (Å²) in [6.07, 6.45) is 2.37. The first kappa shape index (κ1) is 14.6. The predicted molar refractivity (Wildman–Crippen MR) is 76.4 cm³/mol. The molecule has 1 aliphatic rings. The molecule has 4 heteroatoms. The highest BCUT2D eigenvalue weighted by molar-refractivity contribution is 5.87. The Bertz CT molecular complexity index is 536. The maximum absolute atomic E-state index is 12.5. The molecule has 0 fully saturated rings. The van der Waals surface area contributed by atoms with Crippen LogP contribution in [0.3, 0.4) is 0 Å². The van der Waals surface area contributed by atoms with Crippen LogP contribution < -0.4 is 0 Å². The van der Waals surface area contributed by atoms with Gasteiger partial charge in [-0.05, 0) is 44.2 Å². The number of hydrogen-bond donors (Lipinski definition) is 1. The molecule has 0 bridgehead atoms. The zero-order chi connectivity index (χ0) is 14.9. The third-order valence-electron chi connectivity index (χ3n) is 4.39. The minimum absolute atomic E-state index is 0.0769. The van der Waals surface area contributed by atoms with Crippen LogP contribution in [-0.4, -0.2) is 34.5 Å². The van der Waals surface area contributed by atoms with Crippen molar-refractivity contribution in [3.8, 4) is 0 Å². The highest BCUT2D eigenvalue weighted by Crippen LogP contribution is 2.28. The van der Waals surface area contributed by atoms with Gasteiger partial charge < -0.3 is 10.0 Å². The van der Waals surface area contributed by atoms with E-state index in [1.807, 2.05) is 12.1 Å². The number of aryl methyl sites for hydroxylation is 1. The number of hydrogen-bond acceptors (Lipinski definition) is 2. The zero-order valence-electron chi connectivity index (χ0n) is 12.2. The van der Waals surface area contributed by atoms with Gasteiger partial charge in [-0.3, -0.25) is 4.79 Å². The van der Waals surface area contributed by atoms with Gasteiger partial charge in [0.1, 0.15) is 5.54 Å². The topological polar surface area (TPSA) is 57.6 Å². The standard InChI is InChI=1S/C16H21NO3/c1-16(2,15(19)20)17(3)14(18)13-9-8-11-6-4-5-7-12(11)10-13/h4-7,13H,8-10H2,1-3H3,(H,19,20). The lowest BCUT2D eigenvalue weighted by atomic mass is 9.82. The lowest BCUT2D eigenvalue weighted by Gasteiger charge is -2.35. The van der Waals surface area contributed by atoms with Crippen molar-refractivity contribution in [3.05, 3.63) is 35.4 Å². The Kier molecular flexibility index (Phi) is 3.84. The molecule has 0 saturated heterocycles. The minimum Gasteiger partial charge on any atom is -0.480 e. The van der Waals surface area contributed by atoms with Crippen molar-refractivity contribution in [2.75, 3.05) is 7.05 Å². The summed E-state index contributed by atoms with van der Waals surface area (Å²) in [6.45, 7) is 3.12. The predicted octanol–water partition coefficient (Wildman–Crippen LogP) is 2.11. The first-order valence-corrected chi connectivity index (χ1v) is 6.92. The number of likely N-dealkylation sites (N-methyl/N-ethyl adjacent to an activating group) is 1. The molecule has 1 N–H and O–H groups in total. The third-order valence-corrected chi connectivity index (χ3v) is 4.39. The van der Waals surface area contributed by atoms with E-state index in [0.29, 0.717) is 6.42 Å². The molecule has 1 atom stereocenters. The van der Waals surface area contributed by atoms with Gasteiger partial charge in [-0.25, -0.2) is 4.79 Å². The number of carbonyl (C=O) groups is 2. The van der Waals surface area contributed by atoms with E-state index in [9.17, 15) is 14.7 Å². The number of rotatable bonds is 3. The molecular weight excluding hydrogens is 254 g/mol. The quantitative estimate of drug-likeness (QED) is 0.919. The van der Waals surface area contributed by atoms with Gasteiger partial charge in [0.2, 0.25) is 5.91 Å². The smallest absolute Gasteiger partial charge is 0.329 e. The molecule has 1 unspecified atom stereocenters. The molecule has 4 nitrogen and oxygen atoms in total. The molecule has 20 heavy (non-hydrogen) atoms. The van der Waals surface area contributed by atoms with Crippen molar-refractivity contribution in [1.82, 2.24) is 4.90 Å². The Balaban J connectivity index is 2.14. The SMILES string of the molecule is CN(C(=O)C1CCc2ccccc2C1)C(C)(C)C(=O)O. The Hall–Kier alpha value is -1.84. The van der Waals surface area contributed by atoms with E-state index in [2.05, 4.69) is 12.1 Å². The molecule has 0 saturated carbocycles. The number of carboxylic acid groups (broad SMARTS) is 1. The van der Waals surface area contributed by atoms with E-state index in [1.165, 1.54) is 16.0 Å². The van der Waals surface area contributed by atoms with Gasteiger partial charge in [-0.1, -0.05) is 24.3 Å². The number of carboxylic acids is 1. The number of nitrogens with zero attached hydrogens (tertiary/aromatic N) is 1. The van der Waals surface area contributed by atoms with Gasteiger partial charge in [-0.15, -0.1) is 0 Å². The minimum atomic E-state index is -1.17. The fraction of sp³-hybridized carbons (Fsp3) is 0.500. The second-order valence-electron chi connectivity index (χ2n) is 5.97. The van der Waals surface area contributed by atoms with Crippen molar-refractivity contribution in [1.29, 1.82) is 0 Å². The average molecular weight is 275 g/mol. The maximum Gasteiger partial charge on any atom is 0.329 e. The van der Waals surface area contributed by atoms with Crippen molar-refractivity contribution >= 4 is 11.9 Å². The first-order chi connectivity index (χ1) is 9.34. The van der Waals surface area contributed by atoms with Gasteiger partial charge in [0.15, 0.2) is 0 Å². The molecule has 0 radical (unpaired) electrons. The summed E-state index contributed by atoms with van der Waals surface area (Å²) in [7, 11) is 1.58. The van der Waals surface area contributed by atoms with Crippen LogP contribution in [0.5, 0.6) is 0 Å². The Morgan fingerprint density at radius 2 is 1.85 bits per heavy atom. The lowest BCUT2D eigenvalue weighted by molar-refractivity contribution is -0.157. The van der Waals surface area contributed by atoms with Crippen molar-refractivity contribution in [3.63, 3.8) is 0 Å². The average Bonchev–Trinajstić information content (AvgIpc) is 2.44. The Morgan fingerprint density at radius 3 is 2.45 bits per heavy atom. The van der Waals surface area contributed by atoms with E-state index in [1.54, 1.807) is 20.9 Å². The van der Waals surface area contributed by atoms with Crippen molar-refractivity contribution < 1.29 is 14.7 Å². The van der Waals surface area contributed by atoms with E-state index < -0.39 is 11.5 Å². The molecule has 1 aromatic rings. The second kappa shape index (κ2) is 5.27. The maximum atomic E-state index is 12.5. The summed E-state index contributed by atoms with van der Waals surface area (Å²) in [5.74, 6) is -1.18. The Labute approximate surface area is 119 Å². The van der Waals surface area contributed by atoms with Crippen LogP contribution in [0.2, 0.25) is 0 Å². The van der Waals surface area contributed by atoms with Gasteiger partial charge in [-0.2, -0.15) is 0 Å². The summed E-state index contributed by atoms with van der Waals surface area (Å²) < 4.78 is 0. The molecule has 1 amide bonds. The van der Waals surface area contributed by atoms with E-state index in [-0.39, 0.29) is 11.8 Å². The third kappa shape index (κ3) is 2.55. The molecule has 1 aromatic carbocycles. The summed E-state index contributed by atoms with van der Waals surface area (Å²) in [5, 5.41) is 9.22. The molecule has 1 aliphatic carbocycles. The number of carbonyl (C=O) groups excluding carboxylic acids is 1. The van der Waals surface area contributed by atoms with Gasteiger partial charge >= 0.3 is 5.97 Å². The largest absolute Gasteiger partial charge is 0.480 e. The van der Waals surface area contributed by atoms with Crippen LogP contribution in [-0.2, 0) is 22.4 Å². The van der Waals surface area contributed by atoms with Crippen LogP contribution in [0, 0.1) is 5.92 Å². The van der Waals surface area contributed by atoms with Crippen LogP contribution in [0.25, 0.3) is 0 Å². The highest BCUT2D eigenvalue weighted by Gasteiger charge is 2.38. The monoisotopic (exact) mass is 275 g/mol. The molecule has 0 aromatic heterocycles. The fourth-order valence-corrected chi connectivity index (χ4v) is 2.60. The van der Waals surface area contributed by atoms with Crippen LogP contribution >= 0.6 is 0 Å². The van der Waals surface area contributed by atoms with Crippen LogP contribution in [0.4, 0.5) is 0 Å². The fourth-order valence-electron chi connectivity index (χ4n) is 2.60. The molecule has 0 spiro atoms. The molecule has 108 valence electrons. The number of benzene rings is 1. The van der Waals surface area contributed by atoms with Crippen LogP contribution in [0.15, 0.2) is 24.3 Å². The summed E-state index contributed by atoms with van der Waals surface area (Å²) in [5.41, 5.74) is 1.34. The molecule has 0 aliphatic heterocycles. The Morgan fingerprint density at radius 1 is 1.25 bits per heavy atom. The van der Waals surface area contributed by atoms with Crippen molar-refractivity contribution in [2.45, 2.75) is 38.6 Å². The highest BCUT2D eigenvalue weighted by atomic mass is 16.4. The van der Waals surface area contributed by atoms with E-state index >= 15 is 0 Å². The van der Waals surface area contributed by atoms with Gasteiger partial charge in [0, 0.05) is 13.0 Å². The second-order valence-corrected chi connectivity index (χ2v) is 5.97. The summed E-state index contributed by atoms with van der Waals surface area (Å²) in [6, 6.07) is 8.15. The lowest BCUT2D eigenvalue weighted by Crippen LogP contribution is -2.53. The van der Waals surface area contributed by atoms with Gasteiger partial charge in [0.25, 0.3) is 0 Å².